The van der Waals surface area contributed by atoms with Crippen molar-refractivity contribution in [2.75, 3.05) is 5.32 Å². The maximum absolute atomic E-state index is 12.3. The lowest BCUT2D eigenvalue weighted by Gasteiger charge is -2.05. The molecular formula is C17H18N4OS. The van der Waals surface area contributed by atoms with Crippen LogP contribution in [0.5, 0.6) is 0 Å². The number of rotatable bonds is 4. The van der Waals surface area contributed by atoms with Gasteiger partial charge in [0.1, 0.15) is 0 Å². The number of hydrogen-bond acceptors (Lipinski definition) is 4. The fraction of sp³-hybridized carbons (Fsp3) is 0.235. The predicted molar refractivity (Wildman–Crippen MR) is 92.2 cm³/mol. The minimum atomic E-state index is -0.0711. The number of nitrogens with one attached hydrogen (secondary N) is 1. The maximum Gasteiger partial charge on any atom is 0.230 e. The molecule has 1 aromatic carbocycles. The third-order valence-electron chi connectivity index (χ3n) is 3.64. The molecule has 1 N–H and O–H groups in total. The molecule has 0 atom stereocenters. The summed E-state index contributed by atoms with van der Waals surface area (Å²) in [4.78, 5) is 16.5. The fourth-order valence-electron chi connectivity index (χ4n) is 2.49. The Morgan fingerprint density at radius 1 is 1.22 bits per heavy atom. The van der Waals surface area contributed by atoms with E-state index in [1.807, 2.05) is 61.2 Å². The summed E-state index contributed by atoms with van der Waals surface area (Å²) in [5.74, 6) is -0.0711. The predicted octanol–water partition coefficient (Wildman–Crippen LogP) is 3.44. The summed E-state index contributed by atoms with van der Waals surface area (Å²) in [7, 11) is 0. The van der Waals surface area contributed by atoms with Crippen molar-refractivity contribution >= 4 is 22.4 Å². The van der Waals surface area contributed by atoms with Gasteiger partial charge in [-0.05, 0) is 32.9 Å². The summed E-state index contributed by atoms with van der Waals surface area (Å²) in [6.45, 7) is 5.83. The van der Waals surface area contributed by atoms with Crippen LogP contribution in [0.15, 0.2) is 35.7 Å². The smallest absolute Gasteiger partial charge is 0.230 e. The highest BCUT2D eigenvalue weighted by Crippen LogP contribution is 2.20. The van der Waals surface area contributed by atoms with Crippen LogP contribution in [0.3, 0.4) is 0 Å². The molecule has 0 unspecified atom stereocenters. The summed E-state index contributed by atoms with van der Waals surface area (Å²) in [6, 6.07) is 9.93. The second kappa shape index (κ2) is 6.34. The molecule has 0 radical (unpaired) electrons. The Morgan fingerprint density at radius 3 is 2.61 bits per heavy atom. The summed E-state index contributed by atoms with van der Waals surface area (Å²) >= 11 is 1.44. The van der Waals surface area contributed by atoms with Gasteiger partial charge in [0.05, 0.1) is 23.5 Å². The van der Waals surface area contributed by atoms with Gasteiger partial charge in [-0.3, -0.25) is 4.79 Å². The molecule has 23 heavy (non-hydrogen) atoms. The fourth-order valence-corrected chi connectivity index (χ4v) is 3.19. The van der Waals surface area contributed by atoms with E-state index in [4.69, 9.17) is 0 Å². The Labute approximate surface area is 139 Å². The van der Waals surface area contributed by atoms with Crippen molar-refractivity contribution < 1.29 is 4.79 Å². The number of anilines is 1. The molecule has 0 spiro atoms. The number of amides is 1. The Bertz CT molecular complexity index is 836. The van der Waals surface area contributed by atoms with E-state index in [1.165, 1.54) is 11.3 Å². The lowest BCUT2D eigenvalue weighted by atomic mass is 10.1. The van der Waals surface area contributed by atoms with Crippen molar-refractivity contribution in [1.82, 2.24) is 14.8 Å². The number of thiazole rings is 1. The quantitative estimate of drug-likeness (QED) is 0.799. The zero-order valence-electron chi connectivity index (χ0n) is 13.3. The minimum absolute atomic E-state index is 0.0711. The lowest BCUT2D eigenvalue weighted by molar-refractivity contribution is -0.115. The van der Waals surface area contributed by atoms with Gasteiger partial charge in [-0.15, -0.1) is 11.3 Å². The van der Waals surface area contributed by atoms with Gasteiger partial charge in [-0.1, -0.05) is 18.2 Å². The largest absolute Gasteiger partial charge is 0.302 e. The first-order valence-electron chi connectivity index (χ1n) is 7.37. The molecule has 0 saturated heterocycles. The zero-order valence-corrected chi connectivity index (χ0v) is 14.1. The highest BCUT2D eigenvalue weighted by molar-refractivity contribution is 7.13. The number of hydrogen-bond donors (Lipinski definition) is 1. The zero-order chi connectivity index (χ0) is 16.4. The van der Waals surface area contributed by atoms with Gasteiger partial charge in [0.15, 0.2) is 5.13 Å². The van der Waals surface area contributed by atoms with Gasteiger partial charge in [0.25, 0.3) is 0 Å². The first-order valence-corrected chi connectivity index (χ1v) is 8.25. The summed E-state index contributed by atoms with van der Waals surface area (Å²) < 4.78 is 1.88. The molecule has 3 aromatic rings. The molecular weight excluding hydrogens is 308 g/mol. The standard InChI is InChI=1S/C17H18N4OS/c1-11-10-23-17(18-11)19-16(22)9-15-12(2)20-21(13(15)3)14-7-5-4-6-8-14/h4-8,10H,9H2,1-3H3,(H,18,19,22). The van der Waals surface area contributed by atoms with Crippen LogP contribution in [0.4, 0.5) is 5.13 Å². The molecule has 2 heterocycles. The van der Waals surface area contributed by atoms with Gasteiger partial charge in [0, 0.05) is 16.6 Å². The topological polar surface area (TPSA) is 59.8 Å². The minimum Gasteiger partial charge on any atom is -0.302 e. The van der Waals surface area contributed by atoms with Crippen LogP contribution >= 0.6 is 11.3 Å². The summed E-state index contributed by atoms with van der Waals surface area (Å²) in [5.41, 5.74) is 4.72. The molecule has 1 amide bonds. The van der Waals surface area contributed by atoms with Crippen molar-refractivity contribution in [3.8, 4) is 5.69 Å². The van der Waals surface area contributed by atoms with Crippen LogP contribution in [0, 0.1) is 20.8 Å². The van der Waals surface area contributed by atoms with Crippen molar-refractivity contribution in [3.63, 3.8) is 0 Å². The monoisotopic (exact) mass is 326 g/mol. The van der Waals surface area contributed by atoms with Gasteiger partial charge < -0.3 is 5.32 Å². The van der Waals surface area contributed by atoms with E-state index in [1.54, 1.807) is 0 Å². The number of nitrogens with zero attached hydrogens (tertiary/aromatic N) is 3. The maximum atomic E-state index is 12.3. The number of para-hydroxylation sites is 1. The molecule has 0 bridgehead atoms. The molecule has 2 aromatic heterocycles. The average molecular weight is 326 g/mol. The number of carbonyl (C=O) groups is 1. The molecule has 0 aliphatic carbocycles. The van der Waals surface area contributed by atoms with Crippen LogP contribution in [0.25, 0.3) is 5.69 Å². The van der Waals surface area contributed by atoms with Gasteiger partial charge in [-0.25, -0.2) is 9.67 Å². The van der Waals surface area contributed by atoms with Crippen LogP contribution in [-0.4, -0.2) is 20.7 Å². The SMILES string of the molecule is Cc1csc(NC(=O)Cc2c(C)nn(-c3ccccc3)c2C)n1. The summed E-state index contributed by atoms with van der Waals surface area (Å²) in [6.07, 6.45) is 0.295. The van der Waals surface area contributed by atoms with E-state index in [0.717, 1.165) is 28.3 Å². The van der Waals surface area contributed by atoms with Crippen LogP contribution in [-0.2, 0) is 11.2 Å². The van der Waals surface area contributed by atoms with Crippen LogP contribution in [0.1, 0.15) is 22.6 Å². The van der Waals surface area contributed by atoms with Crippen LogP contribution < -0.4 is 5.32 Å². The second-order valence-corrected chi connectivity index (χ2v) is 6.27. The van der Waals surface area contributed by atoms with E-state index in [9.17, 15) is 4.79 Å². The van der Waals surface area contributed by atoms with E-state index in [-0.39, 0.29) is 5.91 Å². The Kier molecular flexibility index (Phi) is 4.25. The van der Waals surface area contributed by atoms with E-state index >= 15 is 0 Å². The van der Waals surface area contributed by atoms with Crippen molar-refractivity contribution in [3.05, 3.63) is 58.4 Å². The highest BCUT2D eigenvalue weighted by Gasteiger charge is 2.16. The molecule has 0 aliphatic heterocycles. The molecule has 0 aliphatic rings. The molecule has 0 saturated carbocycles. The Morgan fingerprint density at radius 2 is 1.96 bits per heavy atom. The van der Waals surface area contributed by atoms with E-state index < -0.39 is 0 Å². The van der Waals surface area contributed by atoms with Gasteiger partial charge >= 0.3 is 0 Å². The van der Waals surface area contributed by atoms with E-state index in [2.05, 4.69) is 15.4 Å². The van der Waals surface area contributed by atoms with Crippen molar-refractivity contribution in [2.24, 2.45) is 0 Å². The first-order chi connectivity index (χ1) is 11.0. The lowest BCUT2D eigenvalue weighted by Crippen LogP contribution is -2.15. The number of aryl methyl sites for hydroxylation is 2. The highest BCUT2D eigenvalue weighted by atomic mass is 32.1. The average Bonchev–Trinajstić information content (AvgIpc) is 3.06. The Hall–Kier alpha value is -2.47. The molecule has 6 heteroatoms. The third-order valence-corrected chi connectivity index (χ3v) is 4.52. The first kappa shape index (κ1) is 15.4. The van der Waals surface area contributed by atoms with Crippen LogP contribution in [0.2, 0.25) is 0 Å². The molecule has 118 valence electrons. The molecule has 3 rings (SSSR count). The summed E-state index contributed by atoms with van der Waals surface area (Å²) in [5, 5.41) is 9.97. The number of aromatic nitrogens is 3. The second-order valence-electron chi connectivity index (χ2n) is 5.42. The number of benzene rings is 1. The van der Waals surface area contributed by atoms with Gasteiger partial charge in [-0.2, -0.15) is 5.10 Å². The third kappa shape index (κ3) is 3.32. The van der Waals surface area contributed by atoms with Gasteiger partial charge in [0.2, 0.25) is 5.91 Å². The molecule has 0 fully saturated rings. The van der Waals surface area contributed by atoms with Crippen molar-refractivity contribution in [2.45, 2.75) is 27.2 Å². The Balaban J connectivity index is 1.80. The van der Waals surface area contributed by atoms with Crippen molar-refractivity contribution in [1.29, 1.82) is 0 Å². The molecule has 5 nitrogen and oxygen atoms in total. The number of carbonyl (C=O) groups excluding carboxylic acids is 1. The van der Waals surface area contributed by atoms with E-state index in [0.29, 0.717) is 11.6 Å². The normalized spacial score (nSPS) is 10.7.